The Morgan fingerprint density at radius 1 is 1.24 bits per heavy atom. The predicted molar refractivity (Wildman–Crippen MR) is 106 cm³/mol. The van der Waals surface area contributed by atoms with Crippen LogP contribution in [0, 0.1) is 5.92 Å². The van der Waals surface area contributed by atoms with Crippen molar-refractivity contribution in [2.24, 2.45) is 5.92 Å². The monoisotopic (exact) mass is 388 g/mol. The van der Waals surface area contributed by atoms with Gasteiger partial charge >= 0.3 is 0 Å². The Kier molecular flexibility index (Phi) is 4.51. The molecule has 146 valence electrons. The fourth-order valence-electron chi connectivity index (χ4n) is 3.89. The molecule has 3 aromatic heterocycles. The zero-order chi connectivity index (χ0) is 19.6. The van der Waals surface area contributed by atoms with Crippen LogP contribution in [0.3, 0.4) is 0 Å². The van der Waals surface area contributed by atoms with E-state index < -0.39 is 0 Å². The summed E-state index contributed by atoms with van der Waals surface area (Å²) in [6.45, 7) is 1.40. The third-order valence-electron chi connectivity index (χ3n) is 5.33. The van der Waals surface area contributed by atoms with E-state index in [2.05, 4.69) is 25.3 Å². The number of carbonyl (C=O) groups excluding carboxylic acids is 1. The Labute approximate surface area is 166 Å². The number of hydrogen-bond acceptors (Lipinski definition) is 6. The highest BCUT2D eigenvalue weighted by Crippen LogP contribution is 2.24. The van der Waals surface area contributed by atoms with Crippen LogP contribution in [-0.4, -0.2) is 49.2 Å². The van der Waals surface area contributed by atoms with Gasteiger partial charge in [0, 0.05) is 37.3 Å². The fraction of sp³-hybridized carbons (Fsp3) is 0.286. The van der Waals surface area contributed by atoms with Crippen LogP contribution in [0.25, 0.3) is 22.4 Å². The fourth-order valence-corrected chi connectivity index (χ4v) is 3.89. The molecule has 0 spiro atoms. The summed E-state index contributed by atoms with van der Waals surface area (Å²) in [7, 11) is 0. The lowest BCUT2D eigenvalue weighted by atomic mass is 9.94. The van der Waals surface area contributed by atoms with Gasteiger partial charge in [0.2, 0.25) is 0 Å². The Bertz CT molecular complexity index is 1140. The van der Waals surface area contributed by atoms with Gasteiger partial charge in [-0.05, 0) is 37.0 Å². The maximum absolute atomic E-state index is 13.0. The summed E-state index contributed by atoms with van der Waals surface area (Å²) >= 11 is 0. The Morgan fingerprint density at radius 2 is 2.17 bits per heavy atom. The number of hydrogen-bond donors (Lipinski definition) is 1. The van der Waals surface area contributed by atoms with Gasteiger partial charge in [0.05, 0.1) is 11.1 Å². The van der Waals surface area contributed by atoms with E-state index in [1.165, 1.54) is 0 Å². The molecule has 0 radical (unpaired) electrons. The summed E-state index contributed by atoms with van der Waals surface area (Å²) in [5.41, 5.74) is 2.16. The second kappa shape index (κ2) is 7.46. The van der Waals surface area contributed by atoms with Crippen LogP contribution in [0.2, 0.25) is 0 Å². The third kappa shape index (κ3) is 3.49. The third-order valence-corrected chi connectivity index (χ3v) is 5.33. The minimum atomic E-state index is -0.0312. The molecule has 4 heterocycles. The molecule has 1 N–H and O–H groups in total. The molecule has 29 heavy (non-hydrogen) atoms. The van der Waals surface area contributed by atoms with E-state index >= 15 is 0 Å². The molecule has 4 aromatic rings. The number of benzene rings is 1. The molecular weight excluding hydrogens is 368 g/mol. The lowest BCUT2D eigenvalue weighted by Gasteiger charge is -2.31. The van der Waals surface area contributed by atoms with E-state index in [0.29, 0.717) is 30.4 Å². The summed E-state index contributed by atoms with van der Waals surface area (Å²) in [6.07, 6.45) is 6.06. The van der Waals surface area contributed by atoms with Gasteiger partial charge in [-0.1, -0.05) is 23.4 Å². The van der Waals surface area contributed by atoms with E-state index in [-0.39, 0.29) is 11.8 Å². The molecule has 1 aliphatic heterocycles. The number of carbonyl (C=O) groups is 1. The molecule has 8 heteroatoms. The van der Waals surface area contributed by atoms with Crippen LogP contribution in [0.5, 0.6) is 0 Å². The highest BCUT2D eigenvalue weighted by molar-refractivity contribution is 6.04. The van der Waals surface area contributed by atoms with Gasteiger partial charge < -0.3 is 9.42 Å². The van der Waals surface area contributed by atoms with Gasteiger partial charge in [-0.2, -0.15) is 10.1 Å². The Hall–Kier alpha value is -3.55. The highest BCUT2D eigenvalue weighted by atomic mass is 16.5. The molecule has 1 aromatic carbocycles. The summed E-state index contributed by atoms with van der Waals surface area (Å²) in [5, 5.41) is 12.2. The number of pyridine rings is 1. The highest BCUT2D eigenvalue weighted by Gasteiger charge is 2.28. The van der Waals surface area contributed by atoms with Crippen molar-refractivity contribution in [3.8, 4) is 11.5 Å². The number of piperidine rings is 1. The number of H-pyrrole nitrogens is 1. The van der Waals surface area contributed by atoms with E-state index in [1.54, 1.807) is 12.4 Å². The number of nitrogens with one attached hydrogen (secondary N) is 1. The summed E-state index contributed by atoms with van der Waals surface area (Å²) in [6, 6.07) is 11.4. The first-order valence-electron chi connectivity index (χ1n) is 9.73. The summed E-state index contributed by atoms with van der Waals surface area (Å²) in [4.78, 5) is 23.5. The van der Waals surface area contributed by atoms with E-state index in [0.717, 1.165) is 35.9 Å². The quantitative estimate of drug-likeness (QED) is 0.576. The first-order chi connectivity index (χ1) is 14.3. The van der Waals surface area contributed by atoms with Gasteiger partial charge in [-0.3, -0.25) is 14.9 Å². The van der Waals surface area contributed by atoms with E-state index in [9.17, 15) is 4.79 Å². The molecule has 8 nitrogen and oxygen atoms in total. The van der Waals surface area contributed by atoms with Gasteiger partial charge in [0.15, 0.2) is 11.5 Å². The maximum Gasteiger partial charge on any atom is 0.275 e. The van der Waals surface area contributed by atoms with Crippen molar-refractivity contribution in [3.63, 3.8) is 0 Å². The second-order valence-corrected chi connectivity index (χ2v) is 7.34. The number of fused-ring (bicyclic) bond motifs is 1. The van der Waals surface area contributed by atoms with Gasteiger partial charge in [0.1, 0.15) is 0 Å². The van der Waals surface area contributed by atoms with Crippen LogP contribution in [0.4, 0.5) is 0 Å². The molecule has 0 aliphatic carbocycles. The Balaban J connectivity index is 1.29. The zero-order valence-corrected chi connectivity index (χ0v) is 15.8. The smallest absolute Gasteiger partial charge is 0.275 e. The number of para-hydroxylation sites is 1. The molecule has 1 unspecified atom stereocenters. The van der Waals surface area contributed by atoms with Crippen LogP contribution in [0.1, 0.15) is 29.2 Å². The molecule has 0 bridgehead atoms. The van der Waals surface area contributed by atoms with Crippen molar-refractivity contribution >= 4 is 16.8 Å². The number of rotatable bonds is 4. The van der Waals surface area contributed by atoms with Crippen molar-refractivity contribution in [1.29, 1.82) is 0 Å². The van der Waals surface area contributed by atoms with Crippen molar-refractivity contribution in [2.45, 2.75) is 19.3 Å². The zero-order valence-electron chi connectivity index (χ0n) is 15.8. The molecule has 1 aliphatic rings. The standard InChI is InChI=1S/C21H20N6O2/c28-21(19-16-7-1-2-8-17(16)24-25-19)27-10-4-5-14(13-27)11-18-23-20(29-26-18)15-6-3-9-22-12-15/h1-3,6-9,12,14H,4-5,10-11,13H2,(H,24,25). The van der Waals surface area contributed by atoms with Crippen LogP contribution in [-0.2, 0) is 6.42 Å². The lowest BCUT2D eigenvalue weighted by Crippen LogP contribution is -2.40. The lowest BCUT2D eigenvalue weighted by molar-refractivity contribution is 0.0668. The van der Waals surface area contributed by atoms with E-state index in [1.807, 2.05) is 41.3 Å². The van der Waals surface area contributed by atoms with Crippen LogP contribution >= 0.6 is 0 Å². The normalized spacial score (nSPS) is 17.0. The largest absolute Gasteiger partial charge is 0.337 e. The minimum Gasteiger partial charge on any atom is -0.337 e. The maximum atomic E-state index is 13.0. The predicted octanol–water partition coefficient (Wildman–Crippen LogP) is 3.10. The number of nitrogens with zero attached hydrogens (tertiary/aromatic N) is 5. The van der Waals surface area contributed by atoms with Crippen LogP contribution < -0.4 is 0 Å². The molecular formula is C21H20N6O2. The van der Waals surface area contributed by atoms with Crippen molar-refractivity contribution in [3.05, 3.63) is 60.3 Å². The molecule has 0 saturated carbocycles. The first-order valence-corrected chi connectivity index (χ1v) is 9.73. The molecule has 1 amide bonds. The molecule has 1 atom stereocenters. The van der Waals surface area contributed by atoms with Crippen molar-refractivity contribution in [1.82, 2.24) is 30.2 Å². The Morgan fingerprint density at radius 3 is 3.07 bits per heavy atom. The van der Waals surface area contributed by atoms with Crippen molar-refractivity contribution in [2.75, 3.05) is 13.1 Å². The number of aromatic nitrogens is 5. The van der Waals surface area contributed by atoms with Gasteiger partial charge in [-0.25, -0.2) is 0 Å². The van der Waals surface area contributed by atoms with Gasteiger partial charge in [0.25, 0.3) is 11.8 Å². The van der Waals surface area contributed by atoms with E-state index in [4.69, 9.17) is 4.52 Å². The molecule has 1 saturated heterocycles. The molecule has 5 rings (SSSR count). The number of aromatic amines is 1. The SMILES string of the molecule is O=C(c1n[nH]c2ccccc12)N1CCCC(Cc2noc(-c3cccnc3)n2)C1. The average molecular weight is 388 g/mol. The number of likely N-dealkylation sites (tertiary alicyclic amines) is 1. The average Bonchev–Trinajstić information content (AvgIpc) is 3.41. The minimum absolute atomic E-state index is 0.0312. The second-order valence-electron chi connectivity index (χ2n) is 7.34. The number of amides is 1. The molecule has 1 fully saturated rings. The van der Waals surface area contributed by atoms with Gasteiger partial charge in [-0.15, -0.1) is 0 Å². The summed E-state index contributed by atoms with van der Waals surface area (Å²) < 4.78 is 5.38. The van der Waals surface area contributed by atoms with Crippen molar-refractivity contribution < 1.29 is 9.32 Å². The topological polar surface area (TPSA) is 101 Å². The van der Waals surface area contributed by atoms with Crippen LogP contribution in [0.15, 0.2) is 53.3 Å². The first kappa shape index (κ1) is 17.5. The summed E-state index contributed by atoms with van der Waals surface area (Å²) in [5.74, 6) is 1.39.